The van der Waals surface area contributed by atoms with E-state index in [-0.39, 0.29) is 0 Å². The van der Waals surface area contributed by atoms with Gasteiger partial charge < -0.3 is 0 Å². The molecular formula is C24H32N6. The van der Waals surface area contributed by atoms with Gasteiger partial charge in [-0.3, -0.25) is 20.8 Å². The molecule has 0 aliphatic heterocycles. The topological polar surface area (TPSA) is 73.5 Å². The summed E-state index contributed by atoms with van der Waals surface area (Å²) in [6.45, 7) is 1.72. The van der Waals surface area contributed by atoms with Crippen LogP contribution in [0.25, 0.3) is 0 Å². The van der Waals surface area contributed by atoms with Crippen molar-refractivity contribution in [2.75, 3.05) is 23.9 Å². The molecule has 0 heterocycles. The summed E-state index contributed by atoms with van der Waals surface area (Å²) in [5.41, 5.74) is 7.86. The first kappa shape index (κ1) is 23.0. The molecule has 0 amide bonds. The second kappa shape index (κ2) is 16.7. The molecule has 0 saturated carbocycles. The SMILES string of the molecule is C(C=NNc1ccccc1)=NCCCCCCCCN=CC=NNc1ccccc1. The van der Waals surface area contributed by atoms with Gasteiger partial charge in [-0.2, -0.15) is 10.2 Å². The van der Waals surface area contributed by atoms with E-state index in [9.17, 15) is 0 Å². The van der Waals surface area contributed by atoms with E-state index in [1.54, 1.807) is 24.9 Å². The van der Waals surface area contributed by atoms with Crippen LogP contribution in [-0.4, -0.2) is 37.9 Å². The highest BCUT2D eigenvalue weighted by Crippen LogP contribution is 2.06. The minimum atomic E-state index is 0.859. The van der Waals surface area contributed by atoms with Crippen LogP contribution in [0.2, 0.25) is 0 Å². The molecule has 0 saturated heterocycles. The Kier molecular flexibility index (Phi) is 12.8. The Bertz CT molecular complexity index is 701. The molecule has 0 aromatic heterocycles. The summed E-state index contributed by atoms with van der Waals surface area (Å²) in [5.74, 6) is 0. The zero-order valence-electron chi connectivity index (χ0n) is 17.5. The summed E-state index contributed by atoms with van der Waals surface area (Å²) in [4.78, 5) is 8.71. The number of unbranched alkanes of at least 4 members (excludes halogenated alkanes) is 5. The third-order valence-corrected chi connectivity index (χ3v) is 4.25. The Morgan fingerprint density at radius 2 is 0.900 bits per heavy atom. The maximum absolute atomic E-state index is 4.35. The van der Waals surface area contributed by atoms with Crippen molar-refractivity contribution in [1.29, 1.82) is 0 Å². The number of hydrogen-bond donors (Lipinski definition) is 2. The van der Waals surface area contributed by atoms with Gasteiger partial charge in [0.2, 0.25) is 0 Å². The van der Waals surface area contributed by atoms with Gasteiger partial charge >= 0.3 is 0 Å². The molecule has 0 unspecified atom stereocenters. The van der Waals surface area contributed by atoms with Gasteiger partial charge in [0.1, 0.15) is 0 Å². The van der Waals surface area contributed by atoms with E-state index in [0.717, 1.165) is 37.3 Å². The van der Waals surface area contributed by atoms with Crippen molar-refractivity contribution in [2.24, 2.45) is 20.2 Å². The molecule has 2 N–H and O–H groups in total. The summed E-state index contributed by atoms with van der Waals surface area (Å²) in [7, 11) is 0. The molecule has 30 heavy (non-hydrogen) atoms. The van der Waals surface area contributed by atoms with Crippen molar-refractivity contribution < 1.29 is 0 Å². The average molecular weight is 405 g/mol. The number of aliphatic imine (C=N–C) groups is 2. The third-order valence-electron chi connectivity index (χ3n) is 4.25. The number of anilines is 2. The highest BCUT2D eigenvalue weighted by Gasteiger charge is 1.90. The summed E-state index contributed by atoms with van der Waals surface area (Å²) in [5, 5.41) is 8.21. The minimum absolute atomic E-state index is 0.859. The lowest BCUT2D eigenvalue weighted by Crippen LogP contribution is -1.91. The predicted octanol–water partition coefficient (Wildman–Crippen LogP) is 5.66. The van der Waals surface area contributed by atoms with Crippen molar-refractivity contribution in [1.82, 2.24) is 0 Å². The molecule has 2 rings (SSSR count). The molecule has 0 aliphatic carbocycles. The molecule has 0 bridgehead atoms. The van der Waals surface area contributed by atoms with E-state index in [1.807, 2.05) is 60.7 Å². The van der Waals surface area contributed by atoms with Gasteiger partial charge in [0, 0.05) is 25.5 Å². The van der Waals surface area contributed by atoms with Gasteiger partial charge in [-0.25, -0.2) is 0 Å². The predicted molar refractivity (Wildman–Crippen MR) is 132 cm³/mol. The maximum Gasteiger partial charge on any atom is 0.0650 e. The monoisotopic (exact) mass is 404 g/mol. The normalized spacial score (nSPS) is 11.9. The number of nitrogens with one attached hydrogen (secondary N) is 2. The molecule has 2 aromatic rings. The van der Waals surface area contributed by atoms with Crippen LogP contribution in [0.15, 0.2) is 80.9 Å². The third kappa shape index (κ3) is 12.2. The van der Waals surface area contributed by atoms with Crippen LogP contribution in [0, 0.1) is 0 Å². The van der Waals surface area contributed by atoms with Gasteiger partial charge in [0.05, 0.1) is 23.8 Å². The van der Waals surface area contributed by atoms with Crippen molar-refractivity contribution in [3.05, 3.63) is 60.7 Å². The van der Waals surface area contributed by atoms with E-state index >= 15 is 0 Å². The summed E-state index contributed by atoms with van der Waals surface area (Å²) in [6, 6.07) is 19.7. The Balaban J connectivity index is 1.35. The van der Waals surface area contributed by atoms with Crippen LogP contribution in [0.5, 0.6) is 0 Å². The zero-order valence-corrected chi connectivity index (χ0v) is 17.5. The molecule has 0 fully saturated rings. The second-order valence-corrected chi connectivity index (χ2v) is 6.74. The standard InChI is InChI=1S/C24H32N6/c1(3-11-17-25-19-21-27-29-23-13-7-5-8-14-23)2-4-12-18-26-20-22-28-30-24-15-9-6-10-16-24/h5-10,13-16,19-22,29-30H,1-4,11-12,17-18H2. The molecule has 0 spiro atoms. The van der Waals surface area contributed by atoms with Crippen LogP contribution in [0.4, 0.5) is 11.4 Å². The number of hydrazone groups is 2. The van der Waals surface area contributed by atoms with Crippen LogP contribution in [-0.2, 0) is 0 Å². The quantitative estimate of drug-likeness (QED) is 0.228. The Morgan fingerprint density at radius 1 is 0.500 bits per heavy atom. The van der Waals surface area contributed by atoms with Crippen molar-refractivity contribution in [2.45, 2.75) is 38.5 Å². The van der Waals surface area contributed by atoms with E-state index in [1.165, 1.54) is 25.7 Å². The highest BCUT2D eigenvalue weighted by atomic mass is 15.3. The van der Waals surface area contributed by atoms with Crippen LogP contribution in [0.3, 0.4) is 0 Å². The van der Waals surface area contributed by atoms with E-state index < -0.39 is 0 Å². The highest BCUT2D eigenvalue weighted by molar-refractivity contribution is 6.16. The summed E-state index contributed by atoms with van der Waals surface area (Å²) < 4.78 is 0. The molecule has 158 valence electrons. The number of benzene rings is 2. The lowest BCUT2D eigenvalue weighted by molar-refractivity contribution is 0.603. The average Bonchev–Trinajstić information content (AvgIpc) is 2.79. The van der Waals surface area contributed by atoms with Crippen molar-refractivity contribution in [3.8, 4) is 0 Å². The number of nitrogens with zero attached hydrogens (tertiary/aromatic N) is 4. The largest absolute Gasteiger partial charge is 0.292 e. The van der Waals surface area contributed by atoms with Crippen LogP contribution < -0.4 is 10.9 Å². The smallest absolute Gasteiger partial charge is 0.0650 e. The van der Waals surface area contributed by atoms with Crippen molar-refractivity contribution >= 4 is 36.2 Å². The van der Waals surface area contributed by atoms with Gasteiger partial charge in [0.15, 0.2) is 0 Å². The fourth-order valence-electron chi connectivity index (χ4n) is 2.67. The Morgan fingerprint density at radius 3 is 1.33 bits per heavy atom. The Labute approximate surface area is 179 Å². The van der Waals surface area contributed by atoms with E-state index in [0.29, 0.717) is 0 Å². The fourth-order valence-corrected chi connectivity index (χ4v) is 2.67. The first-order valence-electron chi connectivity index (χ1n) is 10.6. The number of para-hydroxylation sites is 2. The molecular weight excluding hydrogens is 372 g/mol. The van der Waals surface area contributed by atoms with Gasteiger partial charge in [-0.05, 0) is 37.1 Å². The first-order chi connectivity index (χ1) is 14.9. The summed E-state index contributed by atoms with van der Waals surface area (Å²) >= 11 is 0. The lowest BCUT2D eigenvalue weighted by Gasteiger charge is -1.99. The van der Waals surface area contributed by atoms with Gasteiger partial charge in [-0.15, -0.1) is 0 Å². The van der Waals surface area contributed by atoms with Gasteiger partial charge in [0.25, 0.3) is 0 Å². The maximum atomic E-state index is 4.35. The lowest BCUT2D eigenvalue weighted by atomic mass is 10.1. The molecule has 6 heteroatoms. The molecule has 0 radical (unpaired) electrons. The summed E-state index contributed by atoms with van der Waals surface area (Å²) in [6.07, 6.45) is 14.1. The number of hydrogen-bond acceptors (Lipinski definition) is 6. The van der Waals surface area contributed by atoms with E-state index in [4.69, 9.17) is 0 Å². The molecule has 0 atom stereocenters. The zero-order chi connectivity index (χ0) is 21.0. The molecule has 2 aromatic carbocycles. The molecule has 6 nitrogen and oxygen atoms in total. The van der Waals surface area contributed by atoms with E-state index in [2.05, 4.69) is 31.0 Å². The van der Waals surface area contributed by atoms with Gasteiger partial charge in [-0.1, -0.05) is 62.1 Å². The van der Waals surface area contributed by atoms with Crippen LogP contribution >= 0.6 is 0 Å². The second-order valence-electron chi connectivity index (χ2n) is 6.74. The number of rotatable bonds is 15. The van der Waals surface area contributed by atoms with Crippen molar-refractivity contribution in [3.63, 3.8) is 0 Å². The fraction of sp³-hybridized carbons (Fsp3) is 0.333. The van der Waals surface area contributed by atoms with Crippen LogP contribution in [0.1, 0.15) is 38.5 Å². The Hall–Kier alpha value is -3.28. The first-order valence-corrected chi connectivity index (χ1v) is 10.6. The minimum Gasteiger partial charge on any atom is -0.292 e. The molecule has 0 aliphatic rings.